The summed E-state index contributed by atoms with van der Waals surface area (Å²) in [5.74, 6) is 0.716. The molecule has 19 heavy (non-hydrogen) atoms. The van der Waals surface area contributed by atoms with E-state index in [4.69, 9.17) is 9.47 Å². The predicted molar refractivity (Wildman–Crippen MR) is 72.1 cm³/mol. The standard InChI is InChI=1S/C14H19NO4/c1-15(9-14(6-7-14)13(16)17)11-8-10(18-2)4-5-12(11)19-3/h4-5,8H,6-7,9H2,1-3H3,(H,16,17). The Balaban J connectivity index is 2.22. The maximum Gasteiger partial charge on any atom is 0.311 e. The van der Waals surface area contributed by atoms with Crippen molar-refractivity contribution in [2.75, 3.05) is 32.7 Å². The summed E-state index contributed by atoms with van der Waals surface area (Å²) in [5.41, 5.74) is 0.248. The number of rotatable bonds is 6. The molecule has 0 atom stereocenters. The van der Waals surface area contributed by atoms with Gasteiger partial charge in [-0.1, -0.05) is 0 Å². The molecule has 0 heterocycles. The van der Waals surface area contributed by atoms with Crippen LogP contribution in [0.5, 0.6) is 11.5 Å². The van der Waals surface area contributed by atoms with Crippen molar-refractivity contribution < 1.29 is 19.4 Å². The molecule has 1 aromatic rings. The van der Waals surface area contributed by atoms with E-state index in [0.29, 0.717) is 12.3 Å². The summed E-state index contributed by atoms with van der Waals surface area (Å²) in [6.45, 7) is 0.478. The van der Waals surface area contributed by atoms with Gasteiger partial charge in [0.2, 0.25) is 0 Å². The molecule has 5 nitrogen and oxygen atoms in total. The SMILES string of the molecule is COc1ccc(OC)c(N(C)CC2(C(=O)O)CC2)c1. The minimum Gasteiger partial charge on any atom is -0.497 e. The number of benzene rings is 1. The molecule has 104 valence electrons. The van der Waals surface area contributed by atoms with Crippen LogP contribution < -0.4 is 14.4 Å². The summed E-state index contributed by atoms with van der Waals surface area (Å²) in [7, 11) is 5.08. The van der Waals surface area contributed by atoms with Crippen LogP contribution in [0.25, 0.3) is 0 Å². The van der Waals surface area contributed by atoms with Gasteiger partial charge in [0.15, 0.2) is 0 Å². The minimum atomic E-state index is -0.721. The first kappa shape index (κ1) is 13.5. The molecule has 1 N–H and O–H groups in total. The molecule has 1 saturated carbocycles. The van der Waals surface area contributed by atoms with E-state index in [-0.39, 0.29) is 0 Å². The van der Waals surface area contributed by atoms with Crippen LogP contribution in [0.15, 0.2) is 18.2 Å². The zero-order valence-corrected chi connectivity index (χ0v) is 11.5. The van der Waals surface area contributed by atoms with Crippen LogP contribution in [0.3, 0.4) is 0 Å². The Labute approximate surface area is 112 Å². The van der Waals surface area contributed by atoms with E-state index < -0.39 is 11.4 Å². The average molecular weight is 265 g/mol. The highest BCUT2D eigenvalue weighted by molar-refractivity contribution is 5.79. The molecule has 1 aliphatic rings. The van der Waals surface area contributed by atoms with Crippen molar-refractivity contribution in [1.29, 1.82) is 0 Å². The number of carbonyl (C=O) groups is 1. The zero-order chi connectivity index (χ0) is 14.0. The Morgan fingerprint density at radius 1 is 1.37 bits per heavy atom. The van der Waals surface area contributed by atoms with Crippen LogP contribution in [0, 0.1) is 5.41 Å². The summed E-state index contributed by atoms with van der Waals surface area (Å²) < 4.78 is 10.5. The number of methoxy groups -OCH3 is 2. The largest absolute Gasteiger partial charge is 0.497 e. The van der Waals surface area contributed by atoms with E-state index in [1.807, 2.05) is 30.1 Å². The third-order valence-corrected chi connectivity index (χ3v) is 3.64. The first-order chi connectivity index (χ1) is 9.02. The molecule has 0 unspecified atom stereocenters. The lowest BCUT2D eigenvalue weighted by Gasteiger charge is -2.25. The molecule has 1 aliphatic carbocycles. The molecule has 0 aromatic heterocycles. The Bertz CT molecular complexity index is 482. The van der Waals surface area contributed by atoms with Gasteiger partial charge in [-0.3, -0.25) is 4.79 Å². The molecule has 2 rings (SSSR count). The van der Waals surface area contributed by atoms with Crippen LogP contribution in [-0.4, -0.2) is 38.9 Å². The van der Waals surface area contributed by atoms with Gasteiger partial charge in [-0.05, 0) is 25.0 Å². The van der Waals surface area contributed by atoms with E-state index in [0.717, 1.165) is 24.3 Å². The van der Waals surface area contributed by atoms with Crippen molar-refractivity contribution in [2.24, 2.45) is 5.41 Å². The maximum atomic E-state index is 11.2. The Kier molecular flexibility index (Phi) is 3.55. The maximum absolute atomic E-state index is 11.2. The number of nitrogens with zero attached hydrogens (tertiary/aromatic N) is 1. The Morgan fingerprint density at radius 2 is 2.05 bits per heavy atom. The monoisotopic (exact) mass is 265 g/mol. The number of hydrogen-bond acceptors (Lipinski definition) is 4. The quantitative estimate of drug-likeness (QED) is 0.852. The fraction of sp³-hybridized carbons (Fsp3) is 0.500. The number of carboxylic acid groups (broad SMARTS) is 1. The van der Waals surface area contributed by atoms with Crippen LogP contribution in [0.1, 0.15) is 12.8 Å². The molecule has 0 radical (unpaired) electrons. The van der Waals surface area contributed by atoms with Gasteiger partial charge < -0.3 is 19.5 Å². The molecule has 0 aliphatic heterocycles. The van der Waals surface area contributed by atoms with Crippen molar-refractivity contribution in [2.45, 2.75) is 12.8 Å². The van der Waals surface area contributed by atoms with Gasteiger partial charge >= 0.3 is 5.97 Å². The highest BCUT2D eigenvalue weighted by Crippen LogP contribution is 2.47. The average Bonchev–Trinajstić information content (AvgIpc) is 3.18. The number of hydrogen-bond donors (Lipinski definition) is 1. The van der Waals surface area contributed by atoms with Crippen LogP contribution in [0.2, 0.25) is 0 Å². The lowest BCUT2D eigenvalue weighted by atomic mass is 10.1. The van der Waals surface area contributed by atoms with E-state index in [9.17, 15) is 9.90 Å². The van der Waals surface area contributed by atoms with Crippen molar-refractivity contribution in [3.05, 3.63) is 18.2 Å². The van der Waals surface area contributed by atoms with E-state index >= 15 is 0 Å². The topological polar surface area (TPSA) is 59.0 Å². The Hall–Kier alpha value is -1.91. The number of ether oxygens (including phenoxy) is 2. The zero-order valence-electron chi connectivity index (χ0n) is 11.5. The number of anilines is 1. The molecule has 1 fully saturated rings. The summed E-state index contributed by atoms with van der Waals surface area (Å²) in [6, 6.07) is 5.50. The van der Waals surface area contributed by atoms with Gasteiger partial charge in [-0.2, -0.15) is 0 Å². The first-order valence-corrected chi connectivity index (χ1v) is 6.19. The second-order valence-corrected chi connectivity index (χ2v) is 4.98. The lowest BCUT2D eigenvalue weighted by Crippen LogP contribution is -2.32. The van der Waals surface area contributed by atoms with Crippen LogP contribution in [0.4, 0.5) is 5.69 Å². The lowest BCUT2D eigenvalue weighted by molar-refractivity contribution is -0.142. The third kappa shape index (κ3) is 2.59. The van der Waals surface area contributed by atoms with Gasteiger partial charge in [-0.15, -0.1) is 0 Å². The predicted octanol–water partition coefficient (Wildman–Crippen LogP) is 2.00. The van der Waals surface area contributed by atoms with Gasteiger partial charge in [0, 0.05) is 19.7 Å². The van der Waals surface area contributed by atoms with Crippen molar-refractivity contribution in [1.82, 2.24) is 0 Å². The second-order valence-electron chi connectivity index (χ2n) is 4.98. The smallest absolute Gasteiger partial charge is 0.311 e. The molecular formula is C14H19NO4. The normalized spacial score (nSPS) is 15.7. The molecule has 0 bridgehead atoms. The van der Waals surface area contributed by atoms with Crippen LogP contribution >= 0.6 is 0 Å². The molecule has 0 spiro atoms. The fourth-order valence-electron chi connectivity index (χ4n) is 2.22. The number of carboxylic acids is 1. The van der Waals surface area contributed by atoms with Gasteiger partial charge in [0.1, 0.15) is 11.5 Å². The van der Waals surface area contributed by atoms with Gasteiger partial charge in [0.05, 0.1) is 25.3 Å². The second kappa shape index (κ2) is 4.99. The third-order valence-electron chi connectivity index (χ3n) is 3.64. The molecule has 0 amide bonds. The van der Waals surface area contributed by atoms with Crippen molar-refractivity contribution >= 4 is 11.7 Å². The van der Waals surface area contributed by atoms with Crippen molar-refractivity contribution in [3.8, 4) is 11.5 Å². The van der Waals surface area contributed by atoms with E-state index in [1.54, 1.807) is 14.2 Å². The van der Waals surface area contributed by atoms with Gasteiger partial charge in [-0.25, -0.2) is 0 Å². The van der Waals surface area contributed by atoms with Crippen molar-refractivity contribution in [3.63, 3.8) is 0 Å². The Morgan fingerprint density at radius 3 is 2.53 bits per heavy atom. The summed E-state index contributed by atoms with van der Waals surface area (Å²) >= 11 is 0. The van der Waals surface area contributed by atoms with Crippen LogP contribution in [-0.2, 0) is 4.79 Å². The summed E-state index contributed by atoms with van der Waals surface area (Å²) in [6.07, 6.45) is 1.47. The molecular weight excluding hydrogens is 246 g/mol. The highest BCUT2D eigenvalue weighted by atomic mass is 16.5. The summed E-state index contributed by atoms with van der Waals surface area (Å²) in [4.78, 5) is 13.2. The molecule has 5 heteroatoms. The molecule has 1 aromatic carbocycles. The van der Waals surface area contributed by atoms with E-state index in [1.165, 1.54) is 0 Å². The highest BCUT2D eigenvalue weighted by Gasteiger charge is 2.51. The molecule has 0 saturated heterocycles. The number of aliphatic carboxylic acids is 1. The van der Waals surface area contributed by atoms with E-state index in [2.05, 4.69) is 0 Å². The van der Waals surface area contributed by atoms with Gasteiger partial charge in [0.25, 0.3) is 0 Å². The minimum absolute atomic E-state index is 0.478. The first-order valence-electron chi connectivity index (χ1n) is 6.19. The fourth-order valence-corrected chi connectivity index (χ4v) is 2.22. The summed E-state index contributed by atoms with van der Waals surface area (Å²) in [5, 5.41) is 9.24.